The van der Waals surface area contributed by atoms with Crippen LogP contribution in [-0.4, -0.2) is 66.6 Å². The third-order valence-corrected chi connectivity index (χ3v) is 9.63. The van der Waals surface area contributed by atoms with E-state index in [1.807, 2.05) is 6.08 Å². The molecular formula is C23H36O7. The number of carbonyl (C=O) groups excluding carboxylic acids is 1. The van der Waals surface area contributed by atoms with Crippen molar-refractivity contribution in [2.45, 2.75) is 108 Å². The van der Waals surface area contributed by atoms with Gasteiger partial charge < -0.3 is 30.3 Å². The molecule has 3 fully saturated rings. The fourth-order valence-electron chi connectivity index (χ4n) is 7.71. The molecule has 4 aliphatic carbocycles. The molecule has 0 amide bonds. The van der Waals surface area contributed by atoms with Gasteiger partial charge in [-0.25, -0.2) is 0 Å². The summed E-state index contributed by atoms with van der Waals surface area (Å²) in [7, 11) is 0. The standard InChI is InChI=1S/C23H36O7/c1-13(24)21(27)9-10-23(29)20(21,4)18(30-14(2)25)12-17-19(3)7-6-16(26)11-15(19)5-8-22(17,23)28/h5,13,16-18,24,26-29H,6-12H2,1-4H3/t13?,16-,17+,18?,19-,20+,21+,22-,23+/m0/s1. The highest BCUT2D eigenvalue weighted by molar-refractivity contribution is 5.66. The van der Waals surface area contributed by atoms with E-state index in [9.17, 15) is 30.3 Å². The van der Waals surface area contributed by atoms with Crippen molar-refractivity contribution in [2.24, 2.45) is 16.7 Å². The zero-order valence-electron chi connectivity index (χ0n) is 18.4. The lowest BCUT2D eigenvalue weighted by Gasteiger charge is -2.67. The van der Waals surface area contributed by atoms with Crippen molar-refractivity contribution in [3.63, 3.8) is 0 Å². The van der Waals surface area contributed by atoms with Crippen LogP contribution in [0.4, 0.5) is 0 Å². The second kappa shape index (κ2) is 6.51. The summed E-state index contributed by atoms with van der Waals surface area (Å²) in [6, 6.07) is 0. The lowest BCUT2D eigenvalue weighted by molar-refractivity contribution is -0.326. The fourth-order valence-corrected chi connectivity index (χ4v) is 7.71. The molecule has 3 saturated carbocycles. The van der Waals surface area contributed by atoms with Crippen LogP contribution in [0.1, 0.15) is 72.6 Å². The Balaban J connectivity index is 1.90. The number of fused-ring (bicyclic) bond motifs is 5. The van der Waals surface area contributed by atoms with E-state index in [2.05, 4.69) is 6.92 Å². The Bertz CT molecular complexity index is 780. The number of hydrogen-bond acceptors (Lipinski definition) is 7. The van der Waals surface area contributed by atoms with E-state index in [0.717, 1.165) is 5.57 Å². The predicted octanol–water partition coefficient (Wildman–Crippen LogP) is 1.19. The Morgan fingerprint density at radius 3 is 2.47 bits per heavy atom. The van der Waals surface area contributed by atoms with Gasteiger partial charge in [0, 0.05) is 12.8 Å². The Hall–Kier alpha value is -0.990. The highest BCUT2D eigenvalue weighted by Gasteiger charge is 2.81. The monoisotopic (exact) mass is 424 g/mol. The van der Waals surface area contributed by atoms with Crippen LogP contribution in [0.25, 0.3) is 0 Å². The molecule has 9 atom stereocenters. The van der Waals surface area contributed by atoms with Crippen LogP contribution in [0.3, 0.4) is 0 Å². The van der Waals surface area contributed by atoms with Crippen LogP contribution in [0.5, 0.6) is 0 Å². The number of esters is 1. The van der Waals surface area contributed by atoms with Crippen LogP contribution < -0.4 is 0 Å². The molecule has 0 aromatic rings. The highest BCUT2D eigenvalue weighted by Crippen LogP contribution is 2.71. The van der Waals surface area contributed by atoms with Gasteiger partial charge in [0.2, 0.25) is 0 Å². The van der Waals surface area contributed by atoms with Crippen LogP contribution >= 0.6 is 0 Å². The predicted molar refractivity (Wildman–Crippen MR) is 108 cm³/mol. The first-order chi connectivity index (χ1) is 13.8. The average molecular weight is 425 g/mol. The third kappa shape index (κ3) is 2.41. The van der Waals surface area contributed by atoms with Crippen LogP contribution in [0.2, 0.25) is 0 Å². The number of carbonyl (C=O) groups is 1. The number of rotatable bonds is 2. The van der Waals surface area contributed by atoms with Crippen molar-refractivity contribution in [3.05, 3.63) is 11.6 Å². The molecule has 30 heavy (non-hydrogen) atoms. The molecule has 0 aromatic heterocycles. The molecule has 4 rings (SSSR count). The second-order valence-electron chi connectivity index (χ2n) is 10.7. The quantitative estimate of drug-likeness (QED) is 0.333. The molecule has 0 heterocycles. The molecule has 0 spiro atoms. The molecular weight excluding hydrogens is 388 g/mol. The van der Waals surface area contributed by atoms with Crippen molar-refractivity contribution in [1.82, 2.24) is 0 Å². The van der Waals surface area contributed by atoms with Gasteiger partial charge in [-0.2, -0.15) is 0 Å². The summed E-state index contributed by atoms with van der Waals surface area (Å²) in [5.41, 5.74) is -5.83. The van der Waals surface area contributed by atoms with E-state index < -0.39 is 57.8 Å². The van der Waals surface area contributed by atoms with E-state index in [4.69, 9.17) is 4.74 Å². The topological polar surface area (TPSA) is 127 Å². The van der Waals surface area contributed by atoms with Crippen molar-refractivity contribution in [3.8, 4) is 0 Å². The van der Waals surface area contributed by atoms with E-state index in [1.165, 1.54) is 13.8 Å². The molecule has 0 aliphatic heterocycles. The van der Waals surface area contributed by atoms with E-state index in [-0.39, 0.29) is 25.7 Å². The molecule has 5 N–H and O–H groups in total. The first kappa shape index (κ1) is 22.2. The molecule has 4 aliphatic rings. The number of ether oxygens (including phenoxy) is 1. The summed E-state index contributed by atoms with van der Waals surface area (Å²) in [4.78, 5) is 12.0. The summed E-state index contributed by atoms with van der Waals surface area (Å²) < 4.78 is 5.71. The zero-order chi connectivity index (χ0) is 22.3. The molecule has 7 heteroatoms. The van der Waals surface area contributed by atoms with E-state index >= 15 is 0 Å². The summed E-state index contributed by atoms with van der Waals surface area (Å²) >= 11 is 0. The number of aliphatic hydroxyl groups is 5. The second-order valence-corrected chi connectivity index (χ2v) is 10.7. The van der Waals surface area contributed by atoms with Gasteiger partial charge in [0.1, 0.15) is 22.9 Å². The maximum atomic E-state index is 12.2. The minimum atomic E-state index is -1.75. The maximum absolute atomic E-state index is 12.2. The average Bonchev–Trinajstić information content (AvgIpc) is 2.88. The van der Waals surface area contributed by atoms with Gasteiger partial charge in [-0.1, -0.05) is 25.5 Å². The lowest BCUT2D eigenvalue weighted by atomic mass is 9.42. The maximum Gasteiger partial charge on any atom is 0.302 e. The third-order valence-electron chi connectivity index (χ3n) is 9.63. The largest absolute Gasteiger partial charge is 0.462 e. The Morgan fingerprint density at radius 1 is 1.20 bits per heavy atom. The van der Waals surface area contributed by atoms with Gasteiger partial charge in [0.25, 0.3) is 0 Å². The van der Waals surface area contributed by atoms with Crippen molar-refractivity contribution in [1.29, 1.82) is 0 Å². The Kier molecular flexibility index (Phi) is 4.82. The summed E-state index contributed by atoms with van der Waals surface area (Å²) in [5.74, 6) is -0.930. The number of hydrogen-bond donors (Lipinski definition) is 5. The molecule has 0 radical (unpaired) electrons. The normalized spacial score (nSPS) is 53.8. The molecule has 0 saturated heterocycles. The Labute approximate surface area is 177 Å². The summed E-state index contributed by atoms with van der Waals surface area (Å²) in [6.45, 7) is 6.47. The van der Waals surface area contributed by atoms with E-state index in [0.29, 0.717) is 19.3 Å². The van der Waals surface area contributed by atoms with Crippen LogP contribution in [0, 0.1) is 16.7 Å². The minimum absolute atomic E-state index is 0.0937. The lowest BCUT2D eigenvalue weighted by Crippen LogP contribution is -2.78. The molecule has 0 aromatic carbocycles. The van der Waals surface area contributed by atoms with Crippen LogP contribution in [0.15, 0.2) is 11.6 Å². The van der Waals surface area contributed by atoms with Crippen molar-refractivity contribution >= 4 is 5.97 Å². The highest BCUT2D eigenvalue weighted by atomic mass is 16.5. The van der Waals surface area contributed by atoms with Gasteiger partial charge in [-0.3, -0.25) is 4.79 Å². The SMILES string of the molecule is CC(=O)OC1C[C@@H]2[C@@]3(C)CC[C@H](O)CC3=CC[C@@]2(O)[C@@]2(O)CC[C@@](O)(C(C)O)[C@@]12C. The summed E-state index contributed by atoms with van der Waals surface area (Å²) in [6.07, 6.45) is 1.95. The minimum Gasteiger partial charge on any atom is -0.462 e. The molecule has 170 valence electrons. The first-order valence-corrected chi connectivity index (χ1v) is 11.2. The van der Waals surface area contributed by atoms with Gasteiger partial charge in [0.15, 0.2) is 0 Å². The van der Waals surface area contributed by atoms with E-state index in [1.54, 1.807) is 6.92 Å². The first-order valence-electron chi connectivity index (χ1n) is 11.2. The zero-order valence-corrected chi connectivity index (χ0v) is 18.4. The fraction of sp³-hybridized carbons (Fsp3) is 0.870. The number of aliphatic hydroxyl groups excluding tert-OH is 2. The van der Waals surface area contributed by atoms with Gasteiger partial charge >= 0.3 is 5.97 Å². The van der Waals surface area contributed by atoms with Gasteiger partial charge in [-0.05, 0) is 57.3 Å². The molecule has 0 bridgehead atoms. The van der Waals surface area contributed by atoms with Crippen LogP contribution in [-0.2, 0) is 9.53 Å². The molecule has 7 nitrogen and oxygen atoms in total. The van der Waals surface area contributed by atoms with Gasteiger partial charge in [-0.15, -0.1) is 0 Å². The molecule has 2 unspecified atom stereocenters. The van der Waals surface area contributed by atoms with Crippen molar-refractivity contribution < 1.29 is 35.1 Å². The Morgan fingerprint density at radius 2 is 1.87 bits per heavy atom. The smallest absolute Gasteiger partial charge is 0.302 e. The van der Waals surface area contributed by atoms with Gasteiger partial charge in [0.05, 0.1) is 17.6 Å². The van der Waals surface area contributed by atoms with Crippen molar-refractivity contribution in [2.75, 3.05) is 0 Å². The summed E-state index contributed by atoms with van der Waals surface area (Å²) in [5, 5.41) is 56.5.